The molecule has 6 nitrogen and oxygen atoms in total. The standard InChI is InChI=1S/C20H25N3O3S/c1-4-9-25-18-8-6-5-7-17(18)19(24)22-20-21-16(13-27-20)12-23-10-14(2)26-15(3)11-23/h4-8,13-15H,1,9-12H2,2-3H3,(H,21,22,24)/t14-,15-/m1/s1. The molecule has 2 aromatic rings. The number of nitrogens with one attached hydrogen (secondary N) is 1. The third-order valence-electron chi connectivity index (χ3n) is 4.14. The zero-order chi connectivity index (χ0) is 19.2. The molecule has 1 aliphatic rings. The minimum atomic E-state index is -0.232. The van der Waals surface area contributed by atoms with Crippen LogP contribution in [0.1, 0.15) is 29.9 Å². The quantitative estimate of drug-likeness (QED) is 0.736. The Hall–Kier alpha value is -2.22. The van der Waals surface area contributed by atoms with E-state index >= 15 is 0 Å². The molecule has 1 aromatic heterocycles. The Kier molecular flexibility index (Phi) is 6.60. The van der Waals surface area contributed by atoms with Crippen molar-refractivity contribution in [2.45, 2.75) is 32.6 Å². The summed E-state index contributed by atoms with van der Waals surface area (Å²) in [4.78, 5) is 19.5. The van der Waals surface area contributed by atoms with Gasteiger partial charge in [0.05, 0.1) is 23.5 Å². The summed E-state index contributed by atoms with van der Waals surface area (Å²) in [6.45, 7) is 10.7. The minimum Gasteiger partial charge on any atom is -0.489 e. The summed E-state index contributed by atoms with van der Waals surface area (Å²) >= 11 is 1.43. The second-order valence-electron chi connectivity index (χ2n) is 6.65. The normalized spacial score (nSPS) is 20.2. The molecule has 1 N–H and O–H groups in total. The third kappa shape index (κ3) is 5.38. The van der Waals surface area contributed by atoms with E-state index in [1.165, 1.54) is 11.3 Å². The first-order chi connectivity index (χ1) is 13.0. The Morgan fingerprint density at radius 2 is 2.15 bits per heavy atom. The first-order valence-corrected chi connectivity index (χ1v) is 9.89. The molecule has 27 heavy (non-hydrogen) atoms. The number of hydrogen-bond donors (Lipinski definition) is 1. The van der Waals surface area contributed by atoms with Crippen molar-refractivity contribution in [2.24, 2.45) is 0 Å². The number of hydrogen-bond acceptors (Lipinski definition) is 6. The van der Waals surface area contributed by atoms with E-state index in [0.29, 0.717) is 23.1 Å². The predicted molar refractivity (Wildman–Crippen MR) is 107 cm³/mol. The lowest BCUT2D eigenvalue weighted by Gasteiger charge is -2.34. The molecule has 0 saturated carbocycles. The number of nitrogens with zero attached hydrogens (tertiary/aromatic N) is 2. The van der Waals surface area contributed by atoms with Gasteiger partial charge < -0.3 is 9.47 Å². The van der Waals surface area contributed by atoms with Gasteiger partial charge in [0.15, 0.2) is 5.13 Å². The molecule has 1 amide bonds. The highest BCUT2D eigenvalue weighted by atomic mass is 32.1. The van der Waals surface area contributed by atoms with Crippen molar-refractivity contribution < 1.29 is 14.3 Å². The van der Waals surface area contributed by atoms with Gasteiger partial charge in [0.2, 0.25) is 0 Å². The lowest BCUT2D eigenvalue weighted by Crippen LogP contribution is -2.44. The Morgan fingerprint density at radius 1 is 1.41 bits per heavy atom. The van der Waals surface area contributed by atoms with E-state index in [-0.39, 0.29) is 18.1 Å². The summed E-state index contributed by atoms with van der Waals surface area (Å²) in [5, 5.41) is 5.44. The van der Waals surface area contributed by atoms with Crippen molar-refractivity contribution in [3.8, 4) is 5.75 Å². The van der Waals surface area contributed by atoms with E-state index < -0.39 is 0 Å². The van der Waals surface area contributed by atoms with Crippen molar-refractivity contribution in [2.75, 3.05) is 25.0 Å². The number of rotatable bonds is 7. The average Bonchev–Trinajstić information content (AvgIpc) is 3.06. The molecular formula is C20H25N3O3S. The molecular weight excluding hydrogens is 362 g/mol. The summed E-state index contributed by atoms with van der Waals surface area (Å²) in [7, 11) is 0. The van der Waals surface area contributed by atoms with Crippen LogP contribution < -0.4 is 10.1 Å². The number of morpholine rings is 1. The van der Waals surface area contributed by atoms with Gasteiger partial charge in [0.25, 0.3) is 5.91 Å². The largest absolute Gasteiger partial charge is 0.489 e. The maximum Gasteiger partial charge on any atom is 0.261 e. The second-order valence-corrected chi connectivity index (χ2v) is 7.50. The van der Waals surface area contributed by atoms with Crippen LogP contribution in [-0.2, 0) is 11.3 Å². The van der Waals surface area contributed by atoms with Crippen LogP contribution >= 0.6 is 11.3 Å². The van der Waals surface area contributed by atoms with Crippen LogP contribution in [0.5, 0.6) is 5.75 Å². The predicted octanol–water partition coefficient (Wildman–Crippen LogP) is 3.57. The molecule has 0 radical (unpaired) electrons. The van der Waals surface area contributed by atoms with Gasteiger partial charge in [-0.05, 0) is 26.0 Å². The first kappa shape index (κ1) is 19.5. The molecule has 1 aromatic carbocycles. The monoisotopic (exact) mass is 387 g/mol. The number of ether oxygens (including phenoxy) is 2. The molecule has 0 aliphatic carbocycles. The van der Waals surface area contributed by atoms with Gasteiger partial charge in [-0.2, -0.15) is 0 Å². The number of carbonyl (C=O) groups is 1. The van der Waals surface area contributed by atoms with Gasteiger partial charge in [-0.1, -0.05) is 24.8 Å². The van der Waals surface area contributed by atoms with Gasteiger partial charge in [0.1, 0.15) is 12.4 Å². The number of amides is 1. The Bertz CT molecular complexity index is 782. The van der Waals surface area contributed by atoms with Crippen LogP contribution in [0.3, 0.4) is 0 Å². The van der Waals surface area contributed by atoms with E-state index in [2.05, 4.69) is 35.6 Å². The van der Waals surface area contributed by atoms with Crippen molar-refractivity contribution in [1.82, 2.24) is 9.88 Å². The smallest absolute Gasteiger partial charge is 0.261 e. The van der Waals surface area contributed by atoms with Gasteiger partial charge in [-0.25, -0.2) is 4.98 Å². The van der Waals surface area contributed by atoms with Crippen molar-refractivity contribution in [3.05, 3.63) is 53.6 Å². The molecule has 0 unspecified atom stereocenters. The van der Waals surface area contributed by atoms with Crippen LogP contribution in [0.15, 0.2) is 42.3 Å². The Balaban J connectivity index is 1.62. The zero-order valence-corrected chi connectivity index (χ0v) is 16.5. The van der Waals surface area contributed by atoms with E-state index in [4.69, 9.17) is 9.47 Å². The zero-order valence-electron chi connectivity index (χ0n) is 15.7. The van der Waals surface area contributed by atoms with Gasteiger partial charge in [-0.3, -0.25) is 15.0 Å². The molecule has 0 bridgehead atoms. The van der Waals surface area contributed by atoms with Gasteiger partial charge >= 0.3 is 0 Å². The molecule has 144 valence electrons. The lowest BCUT2D eigenvalue weighted by molar-refractivity contribution is -0.0707. The molecule has 3 rings (SSSR count). The number of aromatic nitrogens is 1. The topological polar surface area (TPSA) is 63.7 Å². The van der Waals surface area contributed by atoms with Gasteiger partial charge in [-0.15, -0.1) is 11.3 Å². The molecule has 0 spiro atoms. The van der Waals surface area contributed by atoms with Crippen LogP contribution in [-0.4, -0.2) is 47.7 Å². The number of carbonyl (C=O) groups excluding carboxylic acids is 1. The minimum absolute atomic E-state index is 0.221. The van der Waals surface area contributed by atoms with E-state index in [1.807, 2.05) is 17.5 Å². The highest BCUT2D eigenvalue weighted by molar-refractivity contribution is 7.14. The fourth-order valence-corrected chi connectivity index (χ4v) is 3.87. The van der Waals surface area contributed by atoms with Crippen molar-refractivity contribution >= 4 is 22.4 Å². The number of para-hydroxylation sites is 1. The highest BCUT2D eigenvalue weighted by Crippen LogP contribution is 2.23. The fraction of sp³-hybridized carbons (Fsp3) is 0.400. The number of anilines is 1. The van der Waals surface area contributed by atoms with Crippen LogP contribution in [0.4, 0.5) is 5.13 Å². The van der Waals surface area contributed by atoms with Crippen molar-refractivity contribution in [3.63, 3.8) is 0 Å². The summed E-state index contributed by atoms with van der Waals surface area (Å²) in [6, 6.07) is 7.15. The molecule has 2 heterocycles. The summed E-state index contributed by atoms with van der Waals surface area (Å²) in [5.74, 6) is 0.298. The molecule has 2 atom stereocenters. The van der Waals surface area contributed by atoms with Crippen LogP contribution in [0.25, 0.3) is 0 Å². The fourth-order valence-electron chi connectivity index (χ4n) is 3.17. The highest BCUT2D eigenvalue weighted by Gasteiger charge is 2.23. The summed E-state index contributed by atoms with van der Waals surface area (Å²) < 4.78 is 11.3. The van der Waals surface area contributed by atoms with E-state index in [1.54, 1.807) is 18.2 Å². The molecule has 1 fully saturated rings. The van der Waals surface area contributed by atoms with Crippen LogP contribution in [0.2, 0.25) is 0 Å². The molecule has 1 aliphatic heterocycles. The number of thiazole rings is 1. The molecule has 1 saturated heterocycles. The van der Waals surface area contributed by atoms with Gasteiger partial charge in [0, 0.05) is 25.0 Å². The van der Waals surface area contributed by atoms with Crippen molar-refractivity contribution in [1.29, 1.82) is 0 Å². The average molecular weight is 388 g/mol. The Morgan fingerprint density at radius 3 is 2.89 bits per heavy atom. The first-order valence-electron chi connectivity index (χ1n) is 9.01. The molecule has 7 heteroatoms. The van der Waals surface area contributed by atoms with Crippen LogP contribution in [0, 0.1) is 0 Å². The Labute approximate surface area is 163 Å². The summed E-state index contributed by atoms with van der Waals surface area (Å²) in [5.41, 5.74) is 1.43. The van der Waals surface area contributed by atoms with E-state index in [9.17, 15) is 4.79 Å². The van der Waals surface area contributed by atoms with E-state index in [0.717, 1.165) is 25.3 Å². The maximum atomic E-state index is 12.6. The number of benzene rings is 1. The second kappa shape index (κ2) is 9.12. The lowest BCUT2D eigenvalue weighted by atomic mass is 10.2. The summed E-state index contributed by atoms with van der Waals surface area (Å²) in [6.07, 6.45) is 2.09. The maximum absolute atomic E-state index is 12.6. The third-order valence-corrected chi connectivity index (χ3v) is 4.95. The SMILES string of the molecule is C=CCOc1ccccc1C(=O)Nc1nc(CN2C[C@@H](C)O[C@H](C)C2)cs1.